The lowest BCUT2D eigenvalue weighted by atomic mass is 10.4. The molecule has 1 aromatic heterocycles. The monoisotopic (exact) mass is 238 g/mol. The van der Waals surface area contributed by atoms with E-state index in [1.807, 2.05) is 0 Å². The molecule has 1 aliphatic carbocycles. The van der Waals surface area contributed by atoms with Crippen LogP contribution in [0.3, 0.4) is 0 Å². The van der Waals surface area contributed by atoms with Crippen LogP contribution in [0.25, 0.3) is 0 Å². The van der Waals surface area contributed by atoms with Crippen molar-refractivity contribution in [3.05, 3.63) is 22.2 Å². The van der Waals surface area contributed by atoms with Gasteiger partial charge in [0.2, 0.25) is 5.88 Å². The predicted molar refractivity (Wildman–Crippen MR) is 63.4 cm³/mol. The molecule has 0 aliphatic heterocycles. The summed E-state index contributed by atoms with van der Waals surface area (Å²) in [7, 11) is 0. The third-order valence-corrected chi connectivity index (χ3v) is 2.53. The van der Waals surface area contributed by atoms with Crippen molar-refractivity contribution >= 4 is 0 Å². The number of rotatable bonds is 7. The Balaban J connectivity index is 1.85. The molecule has 0 unspecified atom stereocenters. The fourth-order valence-electron chi connectivity index (χ4n) is 1.53. The highest BCUT2D eigenvalue weighted by Crippen LogP contribution is 2.37. The fraction of sp³-hybridized carbons (Fsp3) is 0.667. The van der Waals surface area contributed by atoms with Gasteiger partial charge in [-0.3, -0.25) is 4.79 Å². The second kappa shape index (κ2) is 5.82. The summed E-state index contributed by atoms with van der Waals surface area (Å²) in [5.74, 6) is 1.57. The molecule has 5 nitrogen and oxygen atoms in total. The number of nitrogens with zero attached hydrogens (tertiary/aromatic N) is 1. The third-order valence-electron chi connectivity index (χ3n) is 2.53. The van der Waals surface area contributed by atoms with Crippen LogP contribution < -0.4 is 10.3 Å². The standard InChI is InChI=1S/C12H18N2O3/c1-2-5-16-6-7-17-11-8-10(15)13-12(14-11)9-3-4-9/h8-9H,2-7H2,1H3,(H,13,14,15). The molecule has 17 heavy (non-hydrogen) atoms. The van der Waals surface area contributed by atoms with Crippen molar-refractivity contribution in [1.29, 1.82) is 0 Å². The number of hydrogen-bond acceptors (Lipinski definition) is 4. The zero-order valence-corrected chi connectivity index (χ0v) is 10.1. The van der Waals surface area contributed by atoms with Crippen molar-refractivity contribution in [1.82, 2.24) is 9.97 Å². The van der Waals surface area contributed by atoms with Crippen LogP contribution in [0.2, 0.25) is 0 Å². The van der Waals surface area contributed by atoms with Crippen molar-refractivity contribution in [2.45, 2.75) is 32.1 Å². The van der Waals surface area contributed by atoms with Crippen molar-refractivity contribution in [2.24, 2.45) is 0 Å². The molecule has 1 saturated carbocycles. The molecule has 0 radical (unpaired) electrons. The van der Waals surface area contributed by atoms with Crippen molar-refractivity contribution in [3.8, 4) is 5.88 Å². The van der Waals surface area contributed by atoms with E-state index in [4.69, 9.17) is 9.47 Å². The van der Waals surface area contributed by atoms with E-state index in [9.17, 15) is 4.79 Å². The average Bonchev–Trinajstić information content (AvgIpc) is 3.12. The van der Waals surface area contributed by atoms with Crippen LogP contribution in [0.4, 0.5) is 0 Å². The number of hydrogen-bond donors (Lipinski definition) is 1. The molecule has 2 rings (SSSR count). The van der Waals surface area contributed by atoms with Gasteiger partial charge in [-0.1, -0.05) is 6.92 Å². The topological polar surface area (TPSA) is 64.2 Å². The van der Waals surface area contributed by atoms with Crippen LogP contribution in [-0.4, -0.2) is 29.8 Å². The Morgan fingerprint density at radius 3 is 2.94 bits per heavy atom. The van der Waals surface area contributed by atoms with E-state index in [1.54, 1.807) is 0 Å². The lowest BCUT2D eigenvalue weighted by Gasteiger charge is -2.06. The molecule has 94 valence electrons. The minimum atomic E-state index is -0.147. The highest BCUT2D eigenvalue weighted by molar-refractivity contribution is 5.13. The summed E-state index contributed by atoms with van der Waals surface area (Å²) in [6, 6.07) is 1.38. The first-order chi connectivity index (χ1) is 8.29. The lowest BCUT2D eigenvalue weighted by Crippen LogP contribution is -2.14. The number of ether oxygens (including phenoxy) is 2. The van der Waals surface area contributed by atoms with Crippen molar-refractivity contribution in [3.63, 3.8) is 0 Å². The Morgan fingerprint density at radius 1 is 1.41 bits per heavy atom. The zero-order valence-electron chi connectivity index (χ0n) is 10.1. The highest BCUT2D eigenvalue weighted by atomic mass is 16.5. The minimum absolute atomic E-state index is 0.147. The first-order valence-electron chi connectivity index (χ1n) is 6.11. The van der Waals surface area contributed by atoms with E-state index in [-0.39, 0.29) is 5.56 Å². The summed E-state index contributed by atoms with van der Waals surface area (Å²) in [5.41, 5.74) is -0.147. The third kappa shape index (κ3) is 3.85. The maximum Gasteiger partial charge on any atom is 0.254 e. The normalized spacial score (nSPS) is 14.9. The van der Waals surface area contributed by atoms with Crippen molar-refractivity contribution < 1.29 is 9.47 Å². The van der Waals surface area contributed by atoms with Gasteiger partial charge in [-0.25, -0.2) is 0 Å². The molecule has 0 amide bonds. The van der Waals surface area contributed by atoms with Crippen molar-refractivity contribution in [2.75, 3.05) is 19.8 Å². The van der Waals surface area contributed by atoms with Gasteiger partial charge in [0.15, 0.2) is 0 Å². The van der Waals surface area contributed by atoms with Gasteiger partial charge in [-0.2, -0.15) is 4.98 Å². The molecule has 1 heterocycles. The summed E-state index contributed by atoms with van der Waals surface area (Å²) < 4.78 is 10.7. The Kier molecular flexibility index (Phi) is 4.14. The second-order valence-corrected chi connectivity index (χ2v) is 4.20. The summed E-state index contributed by atoms with van der Waals surface area (Å²) in [4.78, 5) is 18.4. The second-order valence-electron chi connectivity index (χ2n) is 4.20. The molecule has 0 aromatic carbocycles. The van der Waals surface area contributed by atoms with Gasteiger partial charge >= 0.3 is 0 Å². The summed E-state index contributed by atoms with van der Waals surface area (Å²) in [6.07, 6.45) is 3.20. The van der Waals surface area contributed by atoms with Gasteiger partial charge in [0.1, 0.15) is 12.4 Å². The number of nitrogens with one attached hydrogen (secondary N) is 1. The lowest BCUT2D eigenvalue weighted by molar-refractivity contribution is 0.0988. The average molecular weight is 238 g/mol. The number of aromatic nitrogens is 2. The molecule has 5 heteroatoms. The Bertz CT molecular complexity index is 412. The van der Waals surface area contributed by atoms with Gasteiger partial charge in [0.05, 0.1) is 12.7 Å². The molecule has 0 spiro atoms. The van der Waals surface area contributed by atoms with Gasteiger partial charge in [0, 0.05) is 12.5 Å². The molecule has 1 fully saturated rings. The fourth-order valence-corrected chi connectivity index (χ4v) is 1.53. The van der Waals surface area contributed by atoms with Crippen LogP contribution >= 0.6 is 0 Å². The Labute approximate surface area is 100 Å². The summed E-state index contributed by atoms with van der Waals surface area (Å²) >= 11 is 0. The smallest absolute Gasteiger partial charge is 0.254 e. The van der Waals surface area contributed by atoms with Crippen LogP contribution in [-0.2, 0) is 4.74 Å². The highest BCUT2D eigenvalue weighted by Gasteiger charge is 2.26. The van der Waals surface area contributed by atoms with Crippen LogP contribution in [0, 0.1) is 0 Å². The van der Waals surface area contributed by atoms with Gasteiger partial charge in [-0.05, 0) is 19.3 Å². The maximum absolute atomic E-state index is 11.4. The van der Waals surface area contributed by atoms with E-state index in [2.05, 4.69) is 16.9 Å². The largest absolute Gasteiger partial charge is 0.475 e. The van der Waals surface area contributed by atoms with E-state index in [1.165, 1.54) is 6.07 Å². The Hall–Kier alpha value is -1.36. The predicted octanol–water partition coefficient (Wildman–Crippen LogP) is 1.45. The molecule has 1 N–H and O–H groups in total. The minimum Gasteiger partial charge on any atom is -0.475 e. The van der Waals surface area contributed by atoms with Crippen LogP contribution in [0.15, 0.2) is 10.9 Å². The molecule has 0 saturated heterocycles. The first kappa shape index (κ1) is 12.1. The van der Waals surface area contributed by atoms with E-state index in [0.717, 1.165) is 31.7 Å². The molecule has 1 aliphatic rings. The number of aromatic amines is 1. The molecule has 0 atom stereocenters. The van der Waals surface area contributed by atoms with Gasteiger partial charge in [0.25, 0.3) is 5.56 Å². The zero-order chi connectivity index (χ0) is 12.1. The SMILES string of the molecule is CCCOCCOc1cc(=O)[nH]c(C2CC2)n1. The van der Waals surface area contributed by atoms with E-state index < -0.39 is 0 Å². The molecule has 0 bridgehead atoms. The van der Waals surface area contributed by atoms with E-state index >= 15 is 0 Å². The summed E-state index contributed by atoms with van der Waals surface area (Å²) in [6.45, 7) is 3.75. The van der Waals surface area contributed by atoms with Crippen LogP contribution in [0.5, 0.6) is 5.88 Å². The quantitative estimate of drug-likeness (QED) is 0.730. The first-order valence-corrected chi connectivity index (χ1v) is 6.11. The molecular formula is C12H18N2O3. The van der Waals surface area contributed by atoms with Gasteiger partial charge in [-0.15, -0.1) is 0 Å². The van der Waals surface area contributed by atoms with E-state index in [0.29, 0.717) is 25.0 Å². The number of H-pyrrole nitrogens is 1. The summed E-state index contributed by atoms with van der Waals surface area (Å²) in [5, 5.41) is 0. The maximum atomic E-state index is 11.4. The molecular weight excluding hydrogens is 220 g/mol. The molecule has 1 aromatic rings. The van der Waals surface area contributed by atoms with Crippen LogP contribution in [0.1, 0.15) is 37.9 Å². The Morgan fingerprint density at radius 2 is 2.24 bits per heavy atom. The van der Waals surface area contributed by atoms with Gasteiger partial charge < -0.3 is 14.5 Å².